The lowest BCUT2D eigenvalue weighted by atomic mass is 10.1. The quantitative estimate of drug-likeness (QED) is 0.373. The molecule has 31 heavy (non-hydrogen) atoms. The van der Waals surface area contributed by atoms with Gasteiger partial charge in [-0.05, 0) is 30.9 Å². The van der Waals surface area contributed by atoms with Crippen molar-refractivity contribution in [2.24, 2.45) is 0 Å². The van der Waals surface area contributed by atoms with Gasteiger partial charge < -0.3 is 9.88 Å². The van der Waals surface area contributed by atoms with Gasteiger partial charge in [0.1, 0.15) is 17.6 Å². The highest BCUT2D eigenvalue weighted by Crippen LogP contribution is 2.29. The van der Waals surface area contributed by atoms with Crippen molar-refractivity contribution in [1.29, 1.82) is 0 Å². The van der Waals surface area contributed by atoms with Crippen LogP contribution < -0.4 is 10.9 Å². The summed E-state index contributed by atoms with van der Waals surface area (Å²) in [6, 6.07) is 18.1. The monoisotopic (exact) mass is 432 g/mol. The second-order valence-electron chi connectivity index (χ2n) is 7.79. The summed E-state index contributed by atoms with van der Waals surface area (Å²) in [5, 5.41) is 4.70. The molecule has 5 rings (SSSR count). The van der Waals surface area contributed by atoms with Crippen LogP contribution in [0, 0.1) is 0 Å². The molecule has 0 unspecified atom stereocenters. The highest BCUT2D eigenvalue weighted by atomic mass is 32.2. The Morgan fingerprint density at radius 3 is 2.77 bits per heavy atom. The number of nitrogens with one attached hydrogen (secondary N) is 1. The molecule has 0 aliphatic carbocycles. The molecule has 1 amide bonds. The zero-order valence-electron chi connectivity index (χ0n) is 17.2. The molecule has 0 spiro atoms. The predicted octanol–water partition coefficient (Wildman–Crippen LogP) is 3.60. The Labute approximate surface area is 184 Å². The van der Waals surface area contributed by atoms with E-state index in [1.807, 2.05) is 47.0 Å². The number of rotatable bonds is 6. The van der Waals surface area contributed by atoms with Gasteiger partial charge in [0.2, 0.25) is 5.91 Å². The van der Waals surface area contributed by atoms with Crippen LogP contribution in [0.1, 0.15) is 18.4 Å². The third-order valence-electron chi connectivity index (χ3n) is 5.70. The second-order valence-corrected chi connectivity index (χ2v) is 8.85. The number of hydrogen-bond donors (Lipinski definition) is 1. The summed E-state index contributed by atoms with van der Waals surface area (Å²) in [5.41, 5.74) is 3.29. The number of carbonyl (C=O) groups excluding carboxylic acids is 1. The maximum Gasteiger partial charge on any atom is 0.278 e. The molecule has 4 aromatic rings. The summed E-state index contributed by atoms with van der Waals surface area (Å²) in [7, 11) is 0. The Balaban J connectivity index is 1.41. The Kier molecular flexibility index (Phi) is 5.51. The molecule has 0 fully saturated rings. The first kappa shape index (κ1) is 19.9. The number of nitrogens with zero attached hydrogens (tertiary/aromatic N) is 3. The molecule has 3 heterocycles. The molecule has 2 aromatic heterocycles. The Hall–Kier alpha value is -3.06. The maximum absolute atomic E-state index is 13.3. The number of amides is 1. The fourth-order valence-corrected chi connectivity index (χ4v) is 5.15. The van der Waals surface area contributed by atoms with E-state index >= 15 is 0 Å². The van der Waals surface area contributed by atoms with Gasteiger partial charge >= 0.3 is 0 Å². The van der Waals surface area contributed by atoms with E-state index in [0.717, 1.165) is 41.1 Å². The fraction of sp³-hybridized carbons (Fsp3) is 0.292. The number of carbonyl (C=O) groups is 1. The van der Waals surface area contributed by atoms with Crippen molar-refractivity contribution in [2.75, 3.05) is 12.3 Å². The van der Waals surface area contributed by atoms with E-state index in [0.29, 0.717) is 24.1 Å². The van der Waals surface area contributed by atoms with Crippen molar-refractivity contribution >= 4 is 39.6 Å². The summed E-state index contributed by atoms with van der Waals surface area (Å²) in [4.78, 5) is 30.9. The van der Waals surface area contributed by atoms with Crippen LogP contribution in [0.4, 0.5) is 0 Å². The topological polar surface area (TPSA) is 68.9 Å². The molecular weight excluding hydrogens is 408 g/mol. The second kappa shape index (κ2) is 8.59. The molecule has 7 heteroatoms. The average molecular weight is 433 g/mol. The van der Waals surface area contributed by atoms with E-state index in [2.05, 4.69) is 17.4 Å². The van der Waals surface area contributed by atoms with Gasteiger partial charge in [0, 0.05) is 24.2 Å². The largest absolute Gasteiger partial charge is 0.355 e. The van der Waals surface area contributed by atoms with Crippen molar-refractivity contribution in [1.82, 2.24) is 19.4 Å². The van der Waals surface area contributed by atoms with Crippen LogP contribution in [0.2, 0.25) is 0 Å². The first-order chi connectivity index (χ1) is 15.2. The summed E-state index contributed by atoms with van der Waals surface area (Å²) >= 11 is 1.62. The van der Waals surface area contributed by atoms with Gasteiger partial charge in [0.15, 0.2) is 5.16 Å². The number of aromatic nitrogens is 3. The molecule has 0 bridgehead atoms. The van der Waals surface area contributed by atoms with Gasteiger partial charge in [-0.15, -0.1) is 0 Å². The van der Waals surface area contributed by atoms with E-state index in [-0.39, 0.29) is 18.0 Å². The number of para-hydroxylation sites is 1. The molecule has 1 aliphatic rings. The molecule has 0 saturated carbocycles. The highest BCUT2D eigenvalue weighted by molar-refractivity contribution is 7.99. The van der Waals surface area contributed by atoms with Crippen LogP contribution >= 0.6 is 11.8 Å². The van der Waals surface area contributed by atoms with Gasteiger partial charge in [0.05, 0.1) is 5.52 Å². The summed E-state index contributed by atoms with van der Waals surface area (Å²) < 4.78 is 3.59. The van der Waals surface area contributed by atoms with Crippen LogP contribution in [0.25, 0.3) is 21.9 Å². The van der Waals surface area contributed by atoms with Gasteiger partial charge in [-0.1, -0.05) is 60.3 Å². The van der Waals surface area contributed by atoms with E-state index < -0.39 is 0 Å². The van der Waals surface area contributed by atoms with E-state index in [1.165, 1.54) is 5.56 Å². The number of thioether (sulfide) groups is 1. The smallest absolute Gasteiger partial charge is 0.278 e. The highest BCUT2D eigenvalue weighted by Gasteiger charge is 2.22. The van der Waals surface area contributed by atoms with Crippen LogP contribution in [-0.2, 0) is 24.3 Å². The Morgan fingerprint density at radius 1 is 1.10 bits per heavy atom. The van der Waals surface area contributed by atoms with E-state index in [9.17, 15) is 9.59 Å². The number of hydrogen-bond acceptors (Lipinski definition) is 4. The average Bonchev–Trinajstić information content (AvgIpc) is 3.11. The van der Waals surface area contributed by atoms with Crippen LogP contribution in [0.3, 0.4) is 0 Å². The molecular formula is C24H24N4O2S. The first-order valence-electron chi connectivity index (χ1n) is 10.7. The lowest BCUT2D eigenvalue weighted by molar-refractivity contribution is -0.121. The molecule has 158 valence electrons. The maximum atomic E-state index is 13.3. The van der Waals surface area contributed by atoms with Crippen molar-refractivity contribution in [3.05, 3.63) is 70.5 Å². The molecule has 0 atom stereocenters. The standard InChI is InChI=1S/C24H24N4O2S/c29-20(25-13-6-10-17-8-2-1-3-9-17)16-28-19-12-5-4-11-18(19)21-22(28)23(30)27-14-7-15-31-24(27)26-21/h1-5,8-9,11-12H,6-7,10,13-16H2,(H,25,29). The van der Waals surface area contributed by atoms with Crippen molar-refractivity contribution < 1.29 is 4.79 Å². The Morgan fingerprint density at radius 2 is 1.90 bits per heavy atom. The SMILES string of the molecule is O=C(Cn1c2ccccc2c2nc3n(c(=O)c21)CCCS3)NCCCc1ccccc1. The van der Waals surface area contributed by atoms with E-state index in [1.54, 1.807) is 16.3 Å². The minimum Gasteiger partial charge on any atom is -0.355 e. The lowest BCUT2D eigenvalue weighted by Gasteiger charge is -2.17. The molecule has 2 aromatic carbocycles. The van der Waals surface area contributed by atoms with Crippen LogP contribution in [-0.4, -0.2) is 32.3 Å². The number of benzene rings is 2. The van der Waals surface area contributed by atoms with Gasteiger partial charge in [0.25, 0.3) is 5.56 Å². The zero-order chi connectivity index (χ0) is 21.2. The summed E-state index contributed by atoms with van der Waals surface area (Å²) in [6.07, 6.45) is 2.75. The van der Waals surface area contributed by atoms with Crippen LogP contribution in [0.5, 0.6) is 0 Å². The van der Waals surface area contributed by atoms with Crippen molar-refractivity contribution in [3.63, 3.8) is 0 Å². The fourth-order valence-electron chi connectivity index (χ4n) is 4.21. The van der Waals surface area contributed by atoms with Crippen molar-refractivity contribution in [2.45, 2.75) is 37.5 Å². The summed E-state index contributed by atoms with van der Waals surface area (Å²) in [5.74, 6) is 0.884. The third kappa shape index (κ3) is 3.85. The van der Waals surface area contributed by atoms with E-state index in [4.69, 9.17) is 4.98 Å². The molecule has 1 aliphatic heterocycles. The van der Waals surface area contributed by atoms with Gasteiger partial charge in [-0.3, -0.25) is 14.2 Å². The third-order valence-corrected chi connectivity index (χ3v) is 6.76. The van der Waals surface area contributed by atoms with Gasteiger partial charge in [-0.2, -0.15) is 0 Å². The zero-order valence-corrected chi connectivity index (χ0v) is 18.0. The van der Waals surface area contributed by atoms with Gasteiger partial charge in [-0.25, -0.2) is 4.98 Å². The Bertz CT molecular complexity index is 1310. The molecule has 6 nitrogen and oxygen atoms in total. The van der Waals surface area contributed by atoms with Crippen LogP contribution in [0.15, 0.2) is 64.5 Å². The number of fused-ring (bicyclic) bond motifs is 4. The first-order valence-corrected chi connectivity index (χ1v) is 11.7. The molecule has 1 N–H and O–H groups in total. The lowest BCUT2D eigenvalue weighted by Crippen LogP contribution is -2.31. The normalized spacial score (nSPS) is 13.4. The minimum absolute atomic E-state index is 0.0553. The number of aryl methyl sites for hydroxylation is 1. The molecule has 0 radical (unpaired) electrons. The van der Waals surface area contributed by atoms with Crippen molar-refractivity contribution in [3.8, 4) is 0 Å². The molecule has 0 saturated heterocycles. The predicted molar refractivity (Wildman–Crippen MR) is 125 cm³/mol. The summed E-state index contributed by atoms with van der Waals surface area (Å²) in [6.45, 7) is 1.39. The minimum atomic E-state index is -0.0905.